The Kier molecular flexibility index (Phi) is 5.88. The number of nitrogens with zero attached hydrogens (tertiary/aromatic N) is 3. The number of hydrogen-bond donors (Lipinski definition) is 2. The molecule has 2 fully saturated rings. The van der Waals surface area contributed by atoms with Gasteiger partial charge in [0, 0.05) is 54.6 Å². The average molecular weight is 509 g/mol. The van der Waals surface area contributed by atoms with Crippen LogP contribution in [0.25, 0.3) is 27.8 Å². The Labute approximate surface area is 212 Å². The predicted molar refractivity (Wildman–Crippen MR) is 134 cm³/mol. The van der Waals surface area contributed by atoms with E-state index in [4.69, 9.17) is 19.2 Å². The van der Waals surface area contributed by atoms with Crippen molar-refractivity contribution in [2.24, 2.45) is 0 Å². The van der Waals surface area contributed by atoms with E-state index in [1.165, 1.54) is 20.3 Å². The Morgan fingerprint density at radius 1 is 1.22 bits per heavy atom. The molecule has 0 radical (unpaired) electrons. The quantitative estimate of drug-likeness (QED) is 0.389. The number of carboxylic acids is 1. The zero-order valence-corrected chi connectivity index (χ0v) is 20.8. The molecule has 6 rings (SSSR count). The standard InChI is InChI=1S/C27H29FN4O5/c1-35-21-12-18(3-4-19(21)28)32-20-11-17-14-29-31-25(17)30-23(20)22(24(32)15-6-9-37-10-7-15)16-5-8-27(13-16,36-2)26(33)34/h3-4,11-12,14-16H,5-10,13H2,1-2H3,(H,33,34)(H,29,30,31)/t16-,27+/m1/s1. The second kappa shape index (κ2) is 9.11. The van der Waals surface area contributed by atoms with Gasteiger partial charge in [-0.25, -0.2) is 14.2 Å². The zero-order valence-electron chi connectivity index (χ0n) is 20.8. The van der Waals surface area contributed by atoms with Crippen molar-refractivity contribution in [2.45, 2.75) is 49.5 Å². The van der Waals surface area contributed by atoms with Crippen molar-refractivity contribution in [1.82, 2.24) is 19.7 Å². The number of aromatic amines is 1. The van der Waals surface area contributed by atoms with Gasteiger partial charge < -0.3 is 23.9 Å². The molecular weight excluding hydrogens is 479 g/mol. The van der Waals surface area contributed by atoms with E-state index in [1.54, 1.807) is 18.3 Å². The van der Waals surface area contributed by atoms with Crippen molar-refractivity contribution in [3.63, 3.8) is 0 Å². The molecule has 0 bridgehead atoms. The highest BCUT2D eigenvalue weighted by atomic mass is 19.1. The number of aromatic nitrogens is 4. The van der Waals surface area contributed by atoms with Crippen LogP contribution in [0.4, 0.5) is 4.39 Å². The SMILES string of the molecule is COc1cc(-n2c(C3CCOCC3)c([C@@H]3CC[C@@](OC)(C(=O)O)C3)c3nc4[nH]ncc4cc32)ccc1F. The van der Waals surface area contributed by atoms with Gasteiger partial charge in [0.05, 0.1) is 24.3 Å². The first-order valence-corrected chi connectivity index (χ1v) is 12.5. The van der Waals surface area contributed by atoms with Gasteiger partial charge in [-0.2, -0.15) is 5.10 Å². The van der Waals surface area contributed by atoms with Gasteiger partial charge in [-0.3, -0.25) is 5.10 Å². The van der Waals surface area contributed by atoms with Gasteiger partial charge in [-0.15, -0.1) is 0 Å². The number of nitrogens with one attached hydrogen (secondary N) is 1. The fourth-order valence-corrected chi connectivity index (χ4v) is 6.17. The third-order valence-electron chi connectivity index (χ3n) is 8.08. The number of aliphatic carboxylic acids is 1. The molecule has 9 nitrogen and oxygen atoms in total. The Bertz CT molecular complexity index is 1490. The van der Waals surface area contributed by atoms with Crippen LogP contribution in [0.15, 0.2) is 30.5 Å². The van der Waals surface area contributed by atoms with Gasteiger partial charge in [0.25, 0.3) is 0 Å². The summed E-state index contributed by atoms with van der Waals surface area (Å²) in [5, 5.41) is 18.0. The topological polar surface area (TPSA) is 111 Å². The van der Waals surface area contributed by atoms with Gasteiger partial charge >= 0.3 is 5.97 Å². The van der Waals surface area contributed by atoms with Gasteiger partial charge in [0.1, 0.15) is 0 Å². The Hall–Kier alpha value is -3.50. The molecule has 2 N–H and O–H groups in total. The molecule has 2 aliphatic rings. The number of rotatable bonds is 6. The minimum Gasteiger partial charge on any atom is -0.494 e. The second-order valence-corrected chi connectivity index (χ2v) is 9.95. The van der Waals surface area contributed by atoms with E-state index in [0.29, 0.717) is 38.1 Å². The highest BCUT2D eigenvalue weighted by Gasteiger charge is 2.48. The van der Waals surface area contributed by atoms with Crippen LogP contribution < -0.4 is 4.74 Å². The second-order valence-electron chi connectivity index (χ2n) is 9.95. The van der Waals surface area contributed by atoms with E-state index >= 15 is 0 Å². The molecule has 4 aromatic rings. The molecule has 3 aromatic heterocycles. The maximum absolute atomic E-state index is 14.4. The van der Waals surface area contributed by atoms with Crippen LogP contribution in [0.2, 0.25) is 0 Å². The Balaban J connectivity index is 1.66. The lowest BCUT2D eigenvalue weighted by atomic mass is 9.86. The molecule has 10 heteroatoms. The Morgan fingerprint density at radius 2 is 2.03 bits per heavy atom. The number of pyridine rings is 1. The van der Waals surface area contributed by atoms with Crippen LogP contribution in [-0.2, 0) is 14.3 Å². The smallest absolute Gasteiger partial charge is 0.335 e. The van der Waals surface area contributed by atoms with Gasteiger partial charge in [0.2, 0.25) is 0 Å². The third kappa shape index (κ3) is 3.77. The number of carboxylic acid groups (broad SMARTS) is 1. The van der Waals surface area contributed by atoms with Crippen molar-refractivity contribution in [3.05, 3.63) is 47.5 Å². The molecule has 2 atom stereocenters. The van der Waals surface area contributed by atoms with E-state index in [-0.39, 0.29) is 17.6 Å². The first-order valence-electron chi connectivity index (χ1n) is 12.5. The van der Waals surface area contributed by atoms with Crippen LogP contribution in [0.3, 0.4) is 0 Å². The predicted octanol–water partition coefficient (Wildman–Crippen LogP) is 4.68. The molecule has 1 saturated carbocycles. The van der Waals surface area contributed by atoms with Crippen LogP contribution in [-0.4, -0.2) is 63.9 Å². The minimum absolute atomic E-state index is 0.0761. The minimum atomic E-state index is -1.23. The molecule has 37 heavy (non-hydrogen) atoms. The molecule has 0 spiro atoms. The molecule has 0 unspecified atom stereocenters. The number of benzene rings is 1. The van der Waals surface area contributed by atoms with Crippen molar-refractivity contribution >= 4 is 28.0 Å². The van der Waals surface area contributed by atoms with Gasteiger partial charge in [-0.1, -0.05) is 0 Å². The van der Waals surface area contributed by atoms with E-state index < -0.39 is 17.4 Å². The van der Waals surface area contributed by atoms with Crippen LogP contribution in [0.1, 0.15) is 55.2 Å². The number of H-pyrrole nitrogens is 1. The molecule has 1 aliphatic heterocycles. The number of carbonyl (C=O) groups is 1. The first-order chi connectivity index (χ1) is 18.0. The molecule has 1 aromatic carbocycles. The molecule has 4 heterocycles. The molecule has 194 valence electrons. The first kappa shape index (κ1) is 23.9. The van der Waals surface area contributed by atoms with E-state index in [2.05, 4.69) is 14.8 Å². The van der Waals surface area contributed by atoms with E-state index in [1.807, 2.05) is 6.07 Å². The van der Waals surface area contributed by atoms with Gasteiger partial charge in [0.15, 0.2) is 22.8 Å². The highest BCUT2D eigenvalue weighted by Crippen LogP contribution is 2.50. The molecular formula is C27H29FN4O5. The summed E-state index contributed by atoms with van der Waals surface area (Å²) in [6.45, 7) is 1.27. The van der Waals surface area contributed by atoms with Crippen LogP contribution in [0.5, 0.6) is 5.75 Å². The maximum atomic E-state index is 14.4. The summed E-state index contributed by atoms with van der Waals surface area (Å²) in [5.41, 5.74) is 3.95. The lowest BCUT2D eigenvalue weighted by Crippen LogP contribution is -2.37. The fraction of sp³-hybridized carbons (Fsp3) is 0.444. The summed E-state index contributed by atoms with van der Waals surface area (Å²) >= 11 is 0. The highest BCUT2D eigenvalue weighted by molar-refractivity contribution is 5.94. The number of halogens is 1. The normalized spacial score (nSPS) is 22.7. The fourth-order valence-electron chi connectivity index (χ4n) is 6.17. The Morgan fingerprint density at radius 3 is 2.73 bits per heavy atom. The van der Waals surface area contributed by atoms with Crippen LogP contribution in [0, 0.1) is 5.82 Å². The third-order valence-corrected chi connectivity index (χ3v) is 8.08. The van der Waals surface area contributed by atoms with E-state index in [9.17, 15) is 14.3 Å². The summed E-state index contributed by atoms with van der Waals surface area (Å²) in [5.74, 6) is -1.14. The van der Waals surface area contributed by atoms with Gasteiger partial charge in [-0.05, 0) is 56.2 Å². The van der Waals surface area contributed by atoms with Crippen molar-refractivity contribution < 1.29 is 28.5 Å². The number of hydrogen-bond acceptors (Lipinski definition) is 6. The maximum Gasteiger partial charge on any atom is 0.335 e. The number of fused-ring (bicyclic) bond motifs is 2. The lowest BCUT2D eigenvalue weighted by Gasteiger charge is -2.27. The number of methoxy groups -OCH3 is 2. The van der Waals surface area contributed by atoms with Crippen molar-refractivity contribution in [1.29, 1.82) is 0 Å². The summed E-state index contributed by atoms with van der Waals surface area (Å²) in [4.78, 5) is 17.2. The lowest BCUT2D eigenvalue weighted by molar-refractivity contribution is -0.161. The monoisotopic (exact) mass is 508 g/mol. The summed E-state index contributed by atoms with van der Waals surface area (Å²) in [7, 11) is 2.92. The summed E-state index contributed by atoms with van der Waals surface area (Å²) < 4.78 is 33.2. The molecule has 0 amide bonds. The molecule has 1 saturated heterocycles. The van der Waals surface area contributed by atoms with Crippen molar-refractivity contribution in [3.8, 4) is 11.4 Å². The average Bonchev–Trinajstić information content (AvgIpc) is 3.64. The van der Waals surface area contributed by atoms with Crippen molar-refractivity contribution in [2.75, 3.05) is 27.4 Å². The largest absolute Gasteiger partial charge is 0.494 e. The number of ether oxygens (including phenoxy) is 3. The molecule has 1 aliphatic carbocycles. The van der Waals surface area contributed by atoms with E-state index in [0.717, 1.165) is 46.2 Å². The van der Waals surface area contributed by atoms with Crippen LogP contribution >= 0.6 is 0 Å². The summed E-state index contributed by atoms with van der Waals surface area (Å²) in [6, 6.07) is 6.90. The summed E-state index contributed by atoms with van der Waals surface area (Å²) in [6.07, 6.45) is 4.80. The zero-order chi connectivity index (χ0) is 25.7.